The van der Waals surface area contributed by atoms with Gasteiger partial charge in [-0.25, -0.2) is 13.6 Å². The van der Waals surface area contributed by atoms with Crippen molar-refractivity contribution in [3.63, 3.8) is 0 Å². The van der Waals surface area contributed by atoms with Gasteiger partial charge in [0, 0.05) is 23.8 Å². The molecule has 1 N–H and O–H groups in total. The summed E-state index contributed by atoms with van der Waals surface area (Å²) in [6.07, 6.45) is 0. The molecule has 0 fully saturated rings. The van der Waals surface area contributed by atoms with Gasteiger partial charge in [0.2, 0.25) is 0 Å². The van der Waals surface area contributed by atoms with E-state index in [2.05, 4.69) is 0 Å². The second kappa shape index (κ2) is 5.04. The molecule has 2 aromatic carbocycles. The Morgan fingerprint density at radius 2 is 1.75 bits per heavy atom. The molecular weight excluding hydrogens is 272 g/mol. The number of carboxylic acids is 1. The Morgan fingerprint density at radius 1 is 1.10 bits per heavy atom. The molecule has 2 rings (SSSR count). The maximum Gasteiger partial charge on any atom is 0.336 e. The third-order valence-corrected chi connectivity index (χ3v) is 2.67. The third kappa shape index (κ3) is 2.46. The first-order chi connectivity index (χ1) is 9.40. The van der Waals surface area contributed by atoms with Gasteiger partial charge in [-0.3, -0.25) is 10.1 Å². The molecule has 0 radical (unpaired) electrons. The first-order valence-electron chi connectivity index (χ1n) is 5.37. The summed E-state index contributed by atoms with van der Waals surface area (Å²) in [5, 5.41) is 19.7. The second-order valence-corrected chi connectivity index (χ2v) is 3.92. The standard InChI is InChI=1S/C13H7F2NO4/c14-7-1-3-10(12(15)5-7)9-4-2-8(16(19)20)6-11(9)13(17)18/h1-6H,(H,17,18). The molecule has 0 aromatic heterocycles. The number of carboxylic acid groups (broad SMARTS) is 1. The normalized spacial score (nSPS) is 10.3. The molecule has 0 atom stereocenters. The average Bonchev–Trinajstić information content (AvgIpc) is 2.38. The SMILES string of the molecule is O=C(O)c1cc([N+](=O)[O-])ccc1-c1ccc(F)cc1F. The number of non-ortho nitro benzene ring substituents is 1. The van der Waals surface area contributed by atoms with Gasteiger partial charge in [0.25, 0.3) is 5.69 Å². The number of aromatic carboxylic acids is 1. The smallest absolute Gasteiger partial charge is 0.336 e. The van der Waals surface area contributed by atoms with Gasteiger partial charge in [-0.05, 0) is 23.8 Å². The fourth-order valence-electron chi connectivity index (χ4n) is 1.77. The molecule has 0 aliphatic carbocycles. The Balaban J connectivity index is 2.67. The first-order valence-corrected chi connectivity index (χ1v) is 5.37. The van der Waals surface area contributed by atoms with Gasteiger partial charge in [-0.15, -0.1) is 0 Å². The van der Waals surface area contributed by atoms with Crippen LogP contribution >= 0.6 is 0 Å². The molecule has 0 bridgehead atoms. The van der Waals surface area contributed by atoms with Crippen LogP contribution in [0.15, 0.2) is 36.4 Å². The number of carbonyl (C=O) groups is 1. The van der Waals surface area contributed by atoms with Gasteiger partial charge in [-0.1, -0.05) is 0 Å². The van der Waals surface area contributed by atoms with E-state index in [4.69, 9.17) is 5.11 Å². The molecule has 0 aliphatic heterocycles. The number of nitrogens with zero attached hydrogens (tertiary/aromatic N) is 1. The summed E-state index contributed by atoms with van der Waals surface area (Å²) in [5.41, 5.74) is -1.04. The Morgan fingerprint density at radius 3 is 2.30 bits per heavy atom. The van der Waals surface area contributed by atoms with E-state index in [0.717, 1.165) is 30.3 Å². The molecule has 7 heteroatoms. The van der Waals surface area contributed by atoms with Crippen LogP contribution in [0.1, 0.15) is 10.4 Å². The van der Waals surface area contributed by atoms with E-state index in [0.29, 0.717) is 6.07 Å². The Kier molecular flexibility index (Phi) is 3.43. The summed E-state index contributed by atoms with van der Waals surface area (Å²) in [6.45, 7) is 0. The van der Waals surface area contributed by atoms with Crippen molar-refractivity contribution in [2.75, 3.05) is 0 Å². The summed E-state index contributed by atoms with van der Waals surface area (Å²) in [7, 11) is 0. The highest BCUT2D eigenvalue weighted by atomic mass is 19.1. The molecule has 0 saturated heterocycles. The van der Waals surface area contributed by atoms with E-state index >= 15 is 0 Å². The second-order valence-electron chi connectivity index (χ2n) is 3.92. The van der Waals surface area contributed by atoms with E-state index in [1.54, 1.807) is 0 Å². The number of nitro benzene ring substituents is 1. The van der Waals surface area contributed by atoms with E-state index in [-0.39, 0.29) is 11.1 Å². The minimum atomic E-state index is -1.44. The monoisotopic (exact) mass is 279 g/mol. The highest BCUT2D eigenvalue weighted by Crippen LogP contribution is 2.29. The molecule has 102 valence electrons. The van der Waals surface area contributed by atoms with Gasteiger partial charge in [0.15, 0.2) is 0 Å². The van der Waals surface area contributed by atoms with Crippen LogP contribution in [0.3, 0.4) is 0 Å². The third-order valence-electron chi connectivity index (χ3n) is 2.67. The molecular formula is C13H7F2NO4. The van der Waals surface area contributed by atoms with Crippen LogP contribution < -0.4 is 0 Å². The van der Waals surface area contributed by atoms with Crippen molar-refractivity contribution in [1.29, 1.82) is 0 Å². The van der Waals surface area contributed by atoms with Gasteiger partial charge < -0.3 is 5.11 Å². The van der Waals surface area contributed by atoms with Gasteiger partial charge in [0.1, 0.15) is 11.6 Å². The molecule has 0 heterocycles. The Bertz CT molecular complexity index is 716. The largest absolute Gasteiger partial charge is 0.478 e. The number of nitro groups is 1. The lowest BCUT2D eigenvalue weighted by Gasteiger charge is -2.07. The lowest BCUT2D eigenvalue weighted by Crippen LogP contribution is -2.02. The van der Waals surface area contributed by atoms with E-state index in [1.165, 1.54) is 0 Å². The van der Waals surface area contributed by atoms with E-state index < -0.39 is 33.8 Å². The van der Waals surface area contributed by atoms with Crippen LogP contribution in [0.25, 0.3) is 11.1 Å². The maximum absolute atomic E-state index is 13.7. The number of hydrogen-bond donors (Lipinski definition) is 1. The minimum Gasteiger partial charge on any atom is -0.478 e. The Hall–Kier alpha value is -2.83. The molecule has 20 heavy (non-hydrogen) atoms. The van der Waals surface area contributed by atoms with Crippen LogP contribution in [-0.4, -0.2) is 16.0 Å². The van der Waals surface area contributed by atoms with Crippen molar-refractivity contribution >= 4 is 11.7 Å². The van der Waals surface area contributed by atoms with Crippen molar-refractivity contribution in [1.82, 2.24) is 0 Å². The lowest BCUT2D eigenvalue weighted by molar-refractivity contribution is -0.384. The molecule has 0 aliphatic rings. The maximum atomic E-state index is 13.7. The number of hydrogen-bond acceptors (Lipinski definition) is 3. The van der Waals surface area contributed by atoms with Crippen LogP contribution in [0, 0.1) is 21.7 Å². The number of halogens is 2. The van der Waals surface area contributed by atoms with Crippen molar-refractivity contribution in [3.05, 3.63) is 63.7 Å². The first kappa shape index (κ1) is 13.6. The molecule has 2 aromatic rings. The van der Waals surface area contributed by atoms with Crippen LogP contribution in [0.5, 0.6) is 0 Å². The van der Waals surface area contributed by atoms with Crippen molar-refractivity contribution in [2.24, 2.45) is 0 Å². The van der Waals surface area contributed by atoms with Crippen LogP contribution in [0.2, 0.25) is 0 Å². The molecule has 0 spiro atoms. The topological polar surface area (TPSA) is 80.4 Å². The van der Waals surface area contributed by atoms with Crippen LogP contribution in [-0.2, 0) is 0 Å². The zero-order valence-corrected chi connectivity index (χ0v) is 9.84. The van der Waals surface area contributed by atoms with Crippen molar-refractivity contribution < 1.29 is 23.6 Å². The van der Waals surface area contributed by atoms with Gasteiger partial charge in [0.05, 0.1) is 10.5 Å². The predicted octanol–water partition coefficient (Wildman–Crippen LogP) is 3.24. The fourth-order valence-corrected chi connectivity index (χ4v) is 1.77. The van der Waals surface area contributed by atoms with Gasteiger partial charge in [-0.2, -0.15) is 0 Å². The van der Waals surface area contributed by atoms with Crippen molar-refractivity contribution in [3.8, 4) is 11.1 Å². The molecule has 0 saturated carbocycles. The quantitative estimate of drug-likeness (QED) is 0.690. The minimum absolute atomic E-state index is 0.0550. The summed E-state index contributed by atoms with van der Waals surface area (Å²) in [5.74, 6) is -3.18. The molecule has 0 unspecified atom stereocenters. The molecule has 5 nitrogen and oxygen atoms in total. The zero-order chi connectivity index (χ0) is 14.9. The highest BCUT2D eigenvalue weighted by molar-refractivity contribution is 5.96. The lowest BCUT2D eigenvalue weighted by atomic mass is 9.98. The average molecular weight is 279 g/mol. The highest BCUT2D eigenvalue weighted by Gasteiger charge is 2.19. The summed E-state index contributed by atoms with van der Waals surface area (Å²) >= 11 is 0. The van der Waals surface area contributed by atoms with Gasteiger partial charge >= 0.3 is 5.97 Å². The summed E-state index contributed by atoms with van der Waals surface area (Å²) < 4.78 is 26.5. The van der Waals surface area contributed by atoms with Crippen molar-refractivity contribution in [2.45, 2.75) is 0 Å². The van der Waals surface area contributed by atoms with Crippen LogP contribution in [0.4, 0.5) is 14.5 Å². The zero-order valence-electron chi connectivity index (χ0n) is 9.84. The number of rotatable bonds is 3. The Labute approximate surface area is 111 Å². The fraction of sp³-hybridized carbons (Fsp3) is 0. The van der Waals surface area contributed by atoms with E-state index in [9.17, 15) is 23.7 Å². The number of benzene rings is 2. The molecule has 0 amide bonds. The summed E-state index contributed by atoms with van der Waals surface area (Å²) in [4.78, 5) is 21.0. The predicted molar refractivity (Wildman–Crippen MR) is 65.4 cm³/mol. The summed E-state index contributed by atoms with van der Waals surface area (Å²) in [6, 6.07) is 5.69. The van der Waals surface area contributed by atoms with E-state index in [1.807, 2.05) is 0 Å².